The molecule has 23 heavy (non-hydrogen) atoms. The third-order valence-corrected chi connectivity index (χ3v) is 5.42. The lowest BCUT2D eigenvalue weighted by molar-refractivity contribution is -0.120. The zero-order valence-electron chi connectivity index (χ0n) is 14.6. The molecule has 0 bridgehead atoms. The Morgan fingerprint density at radius 2 is 1.96 bits per heavy atom. The number of aryl methyl sites for hydroxylation is 2. The van der Waals surface area contributed by atoms with Gasteiger partial charge in [0, 0.05) is 24.8 Å². The van der Waals surface area contributed by atoms with Gasteiger partial charge < -0.3 is 5.32 Å². The summed E-state index contributed by atoms with van der Waals surface area (Å²) >= 11 is 0. The van der Waals surface area contributed by atoms with Gasteiger partial charge in [-0.1, -0.05) is 17.7 Å². The number of carbonyl (C=O) groups is 1. The van der Waals surface area contributed by atoms with Gasteiger partial charge in [-0.3, -0.25) is 14.6 Å². The number of hydrogen-bond acceptors (Lipinski definition) is 3. The average molecular weight is 315 g/mol. The van der Waals surface area contributed by atoms with Crippen LogP contribution in [0.15, 0.2) is 18.2 Å². The van der Waals surface area contributed by atoms with Gasteiger partial charge in [0.25, 0.3) is 0 Å². The van der Waals surface area contributed by atoms with Crippen LogP contribution in [-0.4, -0.2) is 54.0 Å². The molecule has 0 radical (unpaired) electrons. The van der Waals surface area contributed by atoms with Crippen LogP contribution in [0, 0.1) is 13.8 Å². The van der Waals surface area contributed by atoms with E-state index in [0.29, 0.717) is 6.04 Å². The number of likely N-dealkylation sites (tertiary alicyclic amines) is 2. The number of benzene rings is 1. The van der Waals surface area contributed by atoms with E-state index in [1.165, 1.54) is 37.9 Å². The fraction of sp³-hybridized carbons (Fsp3) is 0.632. The molecule has 1 amide bonds. The van der Waals surface area contributed by atoms with Crippen molar-refractivity contribution in [1.82, 2.24) is 9.80 Å². The van der Waals surface area contributed by atoms with Gasteiger partial charge in [0.2, 0.25) is 5.91 Å². The first-order valence-corrected chi connectivity index (χ1v) is 8.91. The molecule has 3 rings (SSSR count). The molecule has 1 N–H and O–H groups in total. The lowest BCUT2D eigenvalue weighted by Gasteiger charge is -2.26. The van der Waals surface area contributed by atoms with Gasteiger partial charge in [-0.15, -0.1) is 0 Å². The van der Waals surface area contributed by atoms with Crippen molar-refractivity contribution >= 4 is 11.6 Å². The minimum Gasteiger partial charge on any atom is -0.324 e. The molecule has 0 spiro atoms. The summed E-state index contributed by atoms with van der Waals surface area (Å²) in [5.41, 5.74) is 3.28. The second-order valence-electron chi connectivity index (χ2n) is 7.16. The molecule has 2 heterocycles. The molecule has 4 nitrogen and oxygen atoms in total. The van der Waals surface area contributed by atoms with E-state index >= 15 is 0 Å². The Morgan fingerprint density at radius 1 is 1.22 bits per heavy atom. The van der Waals surface area contributed by atoms with Crippen LogP contribution in [0.2, 0.25) is 0 Å². The van der Waals surface area contributed by atoms with Crippen molar-refractivity contribution in [1.29, 1.82) is 0 Å². The molecule has 0 aliphatic carbocycles. The summed E-state index contributed by atoms with van der Waals surface area (Å²) in [6, 6.07) is 6.75. The molecule has 0 unspecified atom stereocenters. The zero-order valence-corrected chi connectivity index (χ0v) is 14.6. The Hall–Kier alpha value is -1.39. The van der Waals surface area contributed by atoms with Crippen molar-refractivity contribution in [3.05, 3.63) is 29.3 Å². The van der Waals surface area contributed by atoms with Gasteiger partial charge >= 0.3 is 0 Å². The quantitative estimate of drug-likeness (QED) is 0.928. The van der Waals surface area contributed by atoms with Gasteiger partial charge in [-0.25, -0.2) is 0 Å². The van der Waals surface area contributed by atoms with Crippen molar-refractivity contribution < 1.29 is 4.79 Å². The average Bonchev–Trinajstić information content (AvgIpc) is 3.19. The van der Waals surface area contributed by atoms with Crippen molar-refractivity contribution in [2.24, 2.45) is 0 Å². The summed E-state index contributed by atoms with van der Waals surface area (Å²) in [5, 5.41) is 3.10. The molecule has 2 atom stereocenters. The predicted octanol–water partition coefficient (Wildman–Crippen LogP) is 2.80. The van der Waals surface area contributed by atoms with Gasteiger partial charge in [0.05, 0.1) is 6.04 Å². The number of carbonyl (C=O) groups excluding carboxylic acids is 1. The van der Waals surface area contributed by atoms with Crippen molar-refractivity contribution in [3.63, 3.8) is 0 Å². The minimum absolute atomic E-state index is 0.0664. The van der Waals surface area contributed by atoms with E-state index in [1.54, 1.807) is 0 Å². The van der Waals surface area contributed by atoms with Crippen LogP contribution >= 0.6 is 0 Å². The first kappa shape index (κ1) is 16.5. The summed E-state index contributed by atoms with van der Waals surface area (Å²) in [7, 11) is 0. The number of hydrogen-bond donors (Lipinski definition) is 1. The standard InChI is InChI=1S/C19H29N3O/c1-14-6-7-18(15(2)12-14)20-19(23)16(3)22-11-8-17(13-22)21-9-4-5-10-21/h6-7,12,16-17H,4-5,8-11,13H2,1-3H3,(H,20,23)/t16-,17+/m0/s1. The predicted molar refractivity (Wildman–Crippen MR) is 94.8 cm³/mol. The SMILES string of the molecule is Cc1ccc(NC(=O)[C@H](C)N2CC[C@@H](N3CCCC3)C2)c(C)c1. The lowest BCUT2D eigenvalue weighted by Crippen LogP contribution is -2.43. The second kappa shape index (κ2) is 7.02. The van der Waals surface area contributed by atoms with E-state index in [2.05, 4.69) is 28.1 Å². The van der Waals surface area contributed by atoms with Gasteiger partial charge in [0.1, 0.15) is 0 Å². The Labute approximate surface area is 139 Å². The lowest BCUT2D eigenvalue weighted by atomic mass is 10.1. The van der Waals surface area contributed by atoms with Crippen LogP contribution in [-0.2, 0) is 4.79 Å². The number of nitrogens with zero attached hydrogens (tertiary/aromatic N) is 2. The summed E-state index contributed by atoms with van der Waals surface area (Å²) in [4.78, 5) is 17.5. The molecule has 1 aromatic rings. The van der Waals surface area contributed by atoms with Crippen molar-refractivity contribution in [2.45, 2.75) is 52.1 Å². The van der Waals surface area contributed by atoms with Gasteiger partial charge in [-0.05, 0) is 64.8 Å². The van der Waals surface area contributed by atoms with Gasteiger partial charge in [-0.2, -0.15) is 0 Å². The first-order chi connectivity index (χ1) is 11.0. The Bertz CT molecular complexity index is 566. The van der Waals surface area contributed by atoms with E-state index in [9.17, 15) is 4.79 Å². The molecule has 0 aromatic heterocycles. The molecule has 0 saturated carbocycles. The molecule has 2 fully saturated rings. The fourth-order valence-corrected chi connectivity index (χ4v) is 3.88. The summed E-state index contributed by atoms with van der Waals surface area (Å²) < 4.78 is 0. The monoisotopic (exact) mass is 315 g/mol. The topological polar surface area (TPSA) is 35.6 Å². The molecule has 4 heteroatoms. The van der Waals surface area contributed by atoms with Gasteiger partial charge in [0.15, 0.2) is 0 Å². The third kappa shape index (κ3) is 3.75. The molecular weight excluding hydrogens is 286 g/mol. The van der Waals surface area contributed by atoms with E-state index in [0.717, 1.165) is 24.3 Å². The summed E-state index contributed by atoms with van der Waals surface area (Å²) in [6.45, 7) is 10.7. The molecule has 126 valence electrons. The van der Waals surface area contributed by atoms with Crippen molar-refractivity contribution in [2.75, 3.05) is 31.5 Å². The molecule has 2 aliphatic heterocycles. The maximum absolute atomic E-state index is 12.6. The number of rotatable bonds is 4. The normalized spacial score (nSPS) is 24.0. The molecule has 1 aromatic carbocycles. The highest BCUT2D eigenvalue weighted by Crippen LogP contribution is 2.23. The Kier molecular flexibility index (Phi) is 5.02. The summed E-state index contributed by atoms with van der Waals surface area (Å²) in [5.74, 6) is 0.110. The number of amides is 1. The summed E-state index contributed by atoms with van der Waals surface area (Å²) in [6.07, 6.45) is 3.86. The van der Waals surface area contributed by atoms with Crippen LogP contribution in [0.5, 0.6) is 0 Å². The van der Waals surface area contributed by atoms with E-state index in [-0.39, 0.29) is 11.9 Å². The Balaban J connectivity index is 1.57. The largest absolute Gasteiger partial charge is 0.324 e. The van der Waals surface area contributed by atoms with Crippen LogP contribution in [0.1, 0.15) is 37.3 Å². The van der Waals surface area contributed by atoms with Crippen LogP contribution in [0.25, 0.3) is 0 Å². The van der Waals surface area contributed by atoms with Crippen LogP contribution in [0.3, 0.4) is 0 Å². The Morgan fingerprint density at radius 3 is 2.65 bits per heavy atom. The second-order valence-corrected chi connectivity index (χ2v) is 7.16. The first-order valence-electron chi connectivity index (χ1n) is 8.91. The maximum Gasteiger partial charge on any atom is 0.241 e. The number of nitrogens with one attached hydrogen (secondary N) is 1. The zero-order chi connectivity index (χ0) is 16.4. The van der Waals surface area contributed by atoms with Crippen molar-refractivity contribution in [3.8, 4) is 0 Å². The fourth-order valence-electron chi connectivity index (χ4n) is 3.88. The minimum atomic E-state index is -0.0664. The molecule has 2 saturated heterocycles. The maximum atomic E-state index is 12.6. The van der Waals surface area contributed by atoms with E-state index in [1.807, 2.05) is 26.0 Å². The highest BCUT2D eigenvalue weighted by Gasteiger charge is 2.33. The van der Waals surface area contributed by atoms with Crippen LogP contribution < -0.4 is 5.32 Å². The van der Waals surface area contributed by atoms with Crippen LogP contribution in [0.4, 0.5) is 5.69 Å². The number of anilines is 1. The van der Waals surface area contributed by atoms with E-state index < -0.39 is 0 Å². The highest BCUT2D eigenvalue weighted by molar-refractivity contribution is 5.95. The molecule has 2 aliphatic rings. The highest BCUT2D eigenvalue weighted by atomic mass is 16.2. The smallest absolute Gasteiger partial charge is 0.241 e. The third-order valence-electron chi connectivity index (χ3n) is 5.42. The molecular formula is C19H29N3O. The van der Waals surface area contributed by atoms with E-state index in [4.69, 9.17) is 0 Å².